The minimum atomic E-state index is -4.79. The molecule has 1 fully saturated rings. The van der Waals surface area contributed by atoms with Crippen LogP contribution in [0.3, 0.4) is 0 Å². The van der Waals surface area contributed by atoms with E-state index in [1.54, 1.807) is 6.07 Å². The normalized spacial score (nSPS) is 17.3. The van der Waals surface area contributed by atoms with E-state index in [0.717, 1.165) is 42.4 Å². The zero-order chi connectivity index (χ0) is 27.3. The number of para-hydroxylation sites is 1. The Balaban J connectivity index is 0.00000420. The van der Waals surface area contributed by atoms with Crippen LogP contribution in [-0.2, 0) is 11.2 Å². The lowest BCUT2D eigenvalue weighted by Crippen LogP contribution is -2.34. The summed E-state index contributed by atoms with van der Waals surface area (Å²) in [4.78, 5) is 23.8. The van der Waals surface area contributed by atoms with E-state index in [0.29, 0.717) is 28.4 Å². The number of hydrogen-bond donors (Lipinski definition) is 2. The number of hydrogen-bond acceptors (Lipinski definition) is 6. The summed E-state index contributed by atoms with van der Waals surface area (Å²) in [6, 6.07) is 12.6. The predicted molar refractivity (Wildman–Crippen MR) is 153 cm³/mol. The van der Waals surface area contributed by atoms with Crippen LogP contribution in [0.4, 0.5) is 24.9 Å². The van der Waals surface area contributed by atoms with Crippen LogP contribution in [0.2, 0.25) is 0 Å². The SMILES string of the molecule is CN(C)c1nc(N[C@H]2CC[C@@H](CNC(=O)CCc3ccc(Br)cc3OC(F)(F)F)CC2)nc2ccccc12.Cl. The molecular formula is C27H32BrClF3N5O2. The lowest BCUT2D eigenvalue weighted by molar-refractivity contribution is -0.274. The molecule has 0 atom stereocenters. The quantitative estimate of drug-likeness (QED) is 0.281. The third-order valence-corrected chi connectivity index (χ3v) is 7.14. The Bertz CT molecular complexity index is 1270. The summed E-state index contributed by atoms with van der Waals surface area (Å²) in [6.45, 7) is 0.551. The van der Waals surface area contributed by atoms with Gasteiger partial charge < -0.3 is 20.3 Å². The van der Waals surface area contributed by atoms with Crippen molar-refractivity contribution < 1.29 is 22.7 Å². The molecule has 1 heterocycles. The number of anilines is 2. The maximum absolute atomic E-state index is 12.7. The number of rotatable bonds is 9. The fraction of sp³-hybridized carbons (Fsp3) is 0.444. The molecule has 212 valence electrons. The van der Waals surface area contributed by atoms with Gasteiger partial charge in [-0.1, -0.05) is 34.1 Å². The van der Waals surface area contributed by atoms with Crippen molar-refractivity contribution in [3.05, 3.63) is 52.5 Å². The van der Waals surface area contributed by atoms with Crippen LogP contribution in [0.15, 0.2) is 46.9 Å². The molecule has 0 saturated heterocycles. The second-order valence-corrected chi connectivity index (χ2v) is 10.7. The van der Waals surface area contributed by atoms with E-state index in [-0.39, 0.29) is 42.9 Å². The Morgan fingerprint density at radius 2 is 1.82 bits per heavy atom. The maximum Gasteiger partial charge on any atom is 0.573 e. The number of amides is 1. The summed E-state index contributed by atoms with van der Waals surface area (Å²) in [7, 11) is 3.93. The summed E-state index contributed by atoms with van der Waals surface area (Å²) >= 11 is 3.15. The van der Waals surface area contributed by atoms with Gasteiger partial charge in [-0.3, -0.25) is 4.79 Å². The summed E-state index contributed by atoms with van der Waals surface area (Å²) in [5, 5.41) is 7.44. The predicted octanol–water partition coefficient (Wildman–Crippen LogP) is 6.50. The van der Waals surface area contributed by atoms with Crippen LogP contribution >= 0.6 is 28.3 Å². The molecule has 0 radical (unpaired) electrons. The van der Waals surface area contributed by atoms with Gasteiger partial charge in [0.25, 0.3) is 0 Å². The molecule has 0 bridgehead atoms. The van der Waals surface area contributed by atoms with Gasteiger partial charge in [-0.2, -0.15) is 4.98 Å². The smallest absolute Gasteiger partial charge is 0.405 e. The fourth-order valence-corrected chi connectivity index (χ4v) is 5.05. The molecule has 1 aromatic heterocycles. The van der Waals surface area contributed by atoms with E-state index in [4.69, 9.17) is 4.98 Å². The molecule has 2 aromatic carbocycles. The van der Waals surface area contributed by atoms with Gasteiger partial charge in [0, 0.05) is 43.0 Å². The van der Waals surface area contributed by atoms with Gasteiger partial charge >= 0.3 is 6.36 Å². The Morgan fingerprint density at radius 1 is 1.10 bits per heavy atom. The average Bonchev–Trinajstić information content (AvgIpc) is 2.86. The minimum Gasteiger partial charge on any atom is -0.405 e. The van der Waals surface area contributed by atoms with Crippen molar-refractivity contribution in [2.45, 2.75) is 50.9 Å². The molecule has 0 spiro atoms. The van der Waals surface area contributed by atoms with Gasteiger partial charge in [0.15, 0.2) is 0 Å². The molecule has 1 aliphatic rings. The average molecular weight is 631 g/mol. The third-order valence-electron chi connectivity index (χ3n) is 6.65. The van der Waals surface area contributed by atoms with Crippen molar-refractivity contribution in [3.63, 3.8) is 0 Å². The molecule has 7 nitrogen and oxygen atoms in total. The number of halogens is 5. The first-order valence-corrected chi connectivity index (χ1v) is 13.4. The first kappa shape index (κ1) is 30.7. The number of nitrogens with one attached hydrogen (secondary N) is 2. The largest absolute Gasteiger partial charge is 0.573 e. The number of alkyl halides is 3. The number of aromatic nitrogens is 2. The number of ether oxygens (including phenoxy) is 1. The van der Waals surface area contributed by atoms with Crippen molar-refractivity contribution >= 4 is 56.9 Å². The van der Waals surface area contributed by atoms with Crippen molar-refractivity contribution in [1.29, 1.82) is 0 Å². The van der Waals surface area contributed by atoms with Crippen LogP contribution in [0.1, 0.15) is 37.7 Å². The van der Waals surface area contributed by atoms with Crippen molar-refractivity contribution in [2.24, 2.45) is 5.92 Å². The van der Waals surface area contributed by atoms with Crippen LogP contribution < -0.4 is 20.3 Å². The molecule has 2 N–H and O–H groups in total. The molecule has 12 heteroatoms. The van der Waals surface area contributed by atoms with E-state index in [1.165, 1.54) is 12.1 Å². The Hall–Kier alpha value is -2.79. The molecular weight excluding hydrogens is 599 g/mol. The Kier molecular flexibility index (Phi) is 10.7. The number of carbonyl (C=O) groups is 1. The highest BCUT2D eigenvalue weighted by molar-refractivity contribution is 9.10. The topological polar surface area (TPSA) is 79.4 Å². The third kappa shape index (κ3) is 8.86. The molecule has 39 heavy (non-hydrogen) atoms. The summed E-state index contributed by atoms with van der Waals surface area (Å²) in [5.74, 6) is 1.36. The highest BCUT2D eigenvalue weighted by atomic mass is 79.9. The number of benzene rings is 2. The van der Waals surface area contributed by atoms with Crippen LogP contribution in [0, 0.1) is 5.92 Å². The van der Waals surface area contributed by atoms with Crippen molar-refractivity contribution in [2.75, 3.05) is 30.9 Å². The Morgan fingerprint density at radius 3 is 2.51 bits per heavy atom. The van der Waals surface area contributed by atoms with Gasteiger partial charge in [-0.25, -0.2) is 4.98 Å². The fourth-order valence-electron chi connectivity index (χ4n) is 4.71. The lowest BCUT2D eigenvalue weighted by Gasteiger charge is -2.29. The van der Waals surface area contributed by atoms with E-state index in [9.17, 15) is 18.0 Å². The molecule has 4 rings (SSSR count). The monoisotopic (exact) mass is 629 g/mol. The van der Waals surface area contributed by atoms with Crippen LogP contribution in [0.5, 0.6) is 5.75 Å². The zero-order valence-electron chi connectivity index (χ0n) is 21.7. The molecule has 1 aliphatic carbocycles. The van der Waals surface area contributed by atoms with Crippen molar-refractivity contribution in [3.8, 4) is 5.75 Å². The van der Waals surface area contributed by atoms with Crippen molar-refractivity contribution in [1.82, 2.24) is 15.3 Å². The summed E-state index contributed by atoms with van der Waals surface area (Å²) in [6.07, 6.45) is -0.788. The standard InChI is InChI=1S/C27H31BrF3N5O2.ClH/c1-36(2)25-21-5-3-4-6-22(21)34-26(35-25)33-20-12-7-17(8-13-20)16-32-24(37)14-10-18-9-11-19(28)15-23(18)38-27(29,30)31;/h3-6,9,11,15,17,20H,7-8,10,12-14,16H2,1-2H3,(H,32,37)(H,33,34,35);1H/t17-,20+;. The number of nitrogens with zero attached hydrogens (tertiary/aromatic N) is 3. The Labute approximate surface area is 240 Å². The first-order chi connectivity index (χ1) is 18.1. The van der Waals surface area contributed by atoms with Gasteiger partial charge in [0.05, 0.1) is 5.52 Å². The van der Waals surface area contributed by atoms with E-state index in [2.05, 4.69) is 36.3 Å². The lowest BCUT2D eigenvalue weighted by atomic mass is 9.86. The zero-order valence-corrected chi connectivity index (χ0v) is 24.1. The number of fused-ring (bicyclic) bond motifs is 1. The minimum absolute atomic E-state index is 0. The van der Waals surface area contributed by atoms with Gasteiger partial charge in [-0.05, 0) is 67.9 Å². The highest BCUT2D eigenvalue weighted by Crippen LogP contribution is 2.31. The molecule has 1 saturated carbocycles. The highest BCUT2D eigenvalue weighted by Gasteiger charge is 2.32. The molecule has 3 aromatic rings. The van der Waals surface area contributed by atoms with Gasteiger partial charge in [0.2, 0.25) is 11.9 Å². The summed E-state index contributed by atoms with van der Waals surface area (Å²) < 4.78 is 42.7. The molecule has 0 unspecified atom stereocenters. The second-order valence-electron chi connectivity index (χ2n) is 9.75. The number of carbonyl (C=O) groups excluding carboxylic acids is 1. The first-order valence-electron chi connectivity index (χ1n) is 12.6. The maximum atomic E-state index is 12.7. The van der Waals surface area contributed by atoms with Gasteiger partial charge in [-0.15, -0.1) is 25.6 Å². The van der Waals surface area contributed by atoms with E-state index < -0.39 is 6.36 Å². The van der Waals surface area contributed by atoms with Crippen LogP contribution in [-0.4, -0.2) is 48.9 Å². The molecule has 1 amide bonds. The summed E-state index contributed by atoms with van der Waals surface area (Å²) in [5.41, 5.74) is 1.23. The van der Waals surface area contributed by atoms with Gasteiger partial charge in [0.1, 0.15) is 11.6 Å². The van der Waals surface area contributed by atoms with E-state index in [1.807, 2.05) is 43.3 Å². The van der Waals surface area contributed by atoms with E-state index >= 15 is 0 Å². The molecule has 0 aliphatic heterocycles. The number of aryl methyl sites for hydroxylation is 1. The van der Waals surface area contributed by atoms with Crippen LogP contribution in [0.25, 0.3) is 10.9 Å². The second kappa shape index (κ2) is 13.5.